The van der Waals surface area contributed by atoms with Crippen molar-refractivity contribution in [1.29, 1.82) is 0 Å². The summed E-state index contributed by atoms with van der Waals surface area (Å²) in [5, 5.41) is 9.88. The van der Waals surface area contributed by atoms with Crippen LogP contribution >= 0.6 is 0 Å². The number of ether oxygens (including phenoxy) is 2. The Kier molecular flexibility index (Phi) is 7.97. The molecule has 47 heavy (non-hydrogen) atoms. The third-order valence-electron chi connectivity index (χ3n) is 10.4. The molecule has 0 unspecified atom stereocenters. The number of fused-ring (bicyclic) bond motifs is 3. The van der Waals surface area contributed by atoms with Gasteiger partial charge in [-0.15, -0.1) is 0 Å². The minimum atomic E-state index is -3.52. The minimum Gasteiger partial charge on any atom is -0.482 e. The average molecular weight is 658 g/mol. The van der Waals surface area contributed by atoms with Crippen molar-refractivity contribution in [1.82, 2.24) is 4.90 Å². The first-order valence-corrected chi connectivity index (χ1v) is 19.3. The zero-order valence-corrected chi connectivity index (χ0v) is 27.9. The predicted molar refractivity (Wildman–Crippen MR) is 178 cm³/mol. The summed E-state index contributed by atoms with van der Waals surface area (Å²) in [5.74, 6) is -0.792. The van der Waals surface area contributed by atoms with Crippen LogP contribution in [0.2, 0.25) is 18.6 Å². The molecule has 0 bridgehead atoms. The summed E-state index contributed by atoms with van der Waals surface area (Å²) in [6.45, 7) is 5.64. The lowest BCUT2D eigenvalue weighted by molar-refractivity contribution is -0.150. The molecule has 7 rings (SSSR count). The Morgan fingerprint density at radius 1 is 1.04 bits per heavy atom. The number of nitrogens with zero attached hydrogens (tertiary/aromatic N) is 3. The number of benzene rings is 3. The first kappa shape index (κ1) is 31.5. The van der Waals surface area contributed by atoms with Crippen molar-refractivity contribution in [2.75, 3.05) is 29.6 Å². The second kappa shape index (κ2) is 11.9. The van der Waals surface area contributed by atoms with Crippen LogP contribution in [-0.4, -0.2) is 68.0 Å². The van der Waals surface area contributed by atoms with Crippen molar-refractivity contribution < 1.29 is 33.1 Å². The highest BCUT2D eigenvalue weighted by atomic mass is 28.4. The van der Waals surface area contributed by atoms with Crippen molar-refractivity contribution in [2.45, 2.75) is 69.1 Å². The van der Waals surface area contributed by atoms with E-state index in [0.717, 1.165) is 12.0 Å². The minimum absolute atomic E-state index is 0.0794. The number of aliphatic hydroxyl groups is 1. The number of carbonyl (C=O) groups is 3. The largest absolute Gasteiger partial charge is 0.482 e. The normalized spacial score (nSPS) is 27.0. The molecule has 3 aromatic rings. The Labute approximate surface area is 275 Å². The second-order valence-corrected chi connectivity index (χ2v) is 17.4. The van der Waals surface area contributed by atoms with Gasteiger partial charge in [0.15, 0.2) is 12.2 Å². The third kappa shape index (κ3) is 5.15. The lowest BCUT2D eigenvalue weighted by atomic mass is 9.82. The Hall–Kier alpha value is -4.06. The molecule has 0 radical (unpaired) electrons. The van der Waals surface area contributed by atoms with Crippen molar-refractivity contribution >= 4 is 43.2 Å². The molecule has 3 aromatic carbocycles. The Bertz CT molecular complexity index is 1720. The molecule has 0 saturated carbocycles. The fourth-order valence-corrected chi connectivity index (χ4v) is 10.8. The molecule has 2 saturated heterocycles. The molecular formula is C36H40FN3O6Si. The van der Waals surface area contributed by atoms with E-state index in [4.69, 9.17) is 9.47 Å². The molecule has 0 aliphatic carbocycles. The number of rotatable bonds is 7. The summed E-state index contributed by atoms with van der Waals surface area (Å²) < 4.78 is 29.0. The van der Waals surface area contributed by atoms with Crippen LogP contribution in [0.4, 0.5) is 21.2 Å². The molecule has 2 fully saturated rings. The van der Waals surface area contributed by atoms with Crippen LogP contribution < -0.4 is 14.5 Å². The highest BCUT2D eigenvalue weighted by molar-refractivity contribution is 6.72. The first-order valence-electron chi connectivity index (χ1n) is 16.4. The summed E-state index contributed by atoms with van der Waals surface area (Å²) in [6, 6.07) is 22.1. The lowest BCUT2D eigenvalue weighted by Crippen LogP contribution is -2.45. The van der Waals surface area contributed by atoms with Crippen molar-refractivity contribution in [2.24, 2.45) is 5.92 Å². The summed E-state index contributed by atoms with van der Waals surface area (Å²) in [4.78, 5) is 46.8. The van der Waals surface area contributed by atoms with Gasteiger partial charge < -0.3 is 28.5 Å². The second-order valence-electron chi connectivity index (χ2n) is 13.6. The molecule has 4 aliphatic rings. The lowest BCUT2D eigenvalue weighted by Gasteiger charge is -2.32. The molecular weight excluding hydrogens is 617 g/mol. The summed E-state index contributed by atoms with van der Waals surface area (Å²) in [7, 11) is -3.52. The number of amides is 3. The van der Waals surface area contributed by atoms with E-state index < -0.39 is 31.6 Å². The van der Waals surface area contributed by atoms with E-state index in [-0.39, 0.29) is 49.9 Å². The van der Waals surface area contributed by atoms with E-state index in [9.17, 15) is 19.5 Å². The standard InChI is InChI=1S/C36H40FN3O6Si/c1-23-34(47(2,3)37)31(19-32(42)38-17-9-12-26(38)21-41)46-36(23)27-18-25(40-29-13-7-8-14-30(29)45-22-33(40)43)15-16-28(27)39(35(36)44)20-24-10-5-4-6-11-24/h4-8,10-11,13-16,18,23,26,31,34,41H,9,12,17,19-22H2,1-3H3/t23-,26+,31+,34-,36+/m1/s1. The predicted octanol–water partition coefficient (Wildman–Crippen LogP) is 5.44. The van der Waals surface area contributed by atoms with Crippen LogP contribution in [-0.2, 0) is 31.3 Å². The Balaban J connectivity index is 1.34. The third-order valence-corrected chi connectivity index (χ3v) is 12.8. The van der Waals surface area contributed by atoms with Gasteiger partial charge in [-0.1, -0.05) is 49.4 Å². The van der Waals surface area contributed by atoms with E-state index in [1.165, 1.54) is 0 Å². The highest BCUT2D eigenvalue weighted by Crippen LogP contribution is 2.61. The summed E-state index contributed by atoms with van der Waals surface area (Å²) in [6.07, 6.45) is 0.589. The van der Waals surface area contributed by atoms with Gasteiger partial charge in [0.05, 0.1) is 43.1 Å². The average Bonchev–Trinajstić information content (AvgIpc) is 3.72. The molecule has 1 spiro atoms. The van der Waals surface area contributed by atoms with Gasteiger partial charge in [0, 0.05) is 29.3 Å². The van der Waals surface area contributed by atoms with Crippen LogP contribution in [0.15, 0.2) is 72.8 Å². The number of halogens is 1. The smallest absolute Gasteiger partial charge is 0.269 e. The first-order chi connectivity index (χ1) is 22.5. The fraction of sp³-hybridized carbons (Fsp3) is 0.417. The van der Waals surface area contributed by atoms with Gasteiger partial charge in [-0.2, -0.15) is 0 Å². The molecule has 246 valence electrons. The maximum absolute atomic E-state index is 16.4. The number of hydrogen-bond acceptors (Lipinski definition) is 6. The zero-order valence-electron chi connectivity index (χ0n) is 26.9. The molecule has 9 nitrogen and oxygen atoms in total. The zero-order chi connectivity index (χ0) is 33.1. The number of aliphatic hydroxyl groups excluding tert-OH is 1. The van der Waals surface area contributed by atoms with E-state index in [1.807, 2.05) is 73.7 Å². The van der Waals surface area contributed by atoms with E-state index in [2.05, 4.69) is 0 Å². The number of likely N-dealkylation sites (tertiary alicyclic amines) is 1. The van der Waals surface area contributed by atoms with Gasteiger partial charge >= 0.3 is 0 Å². The van der Waals surface area contributed by atoms with Crippen molar-refractivity contribution in [3.05, 3.63) is 83.9 Å². The maximum atomic E-state index is 16.4. The van der Waals surface area contributed by atoms with Crippen LogP contribution in [0.3, 0.4) is 0 Å². The van der Waals surface area contributed by atoms with Gasteiger partial charge in [0.2, 0.25) is 14.3 Å². The van der Waals surface area contributed by atoms with Crippen molar-refractivity contribution in [3.8, 4) is 5.75 Å². The van der Waals surface area contributed by atoms with Gasteiger partial charge in [-0.3, -0.25) is 19.3 Å². The quantitative estimate of drug-likeness (QED) is 0.269. The van der Waals surface area contributed by atoms with Gasteiger partial charge in [0.1, 0.15) is 5.75 Å². The van der Waals surface area contributed by atoms with Crippen LogP contribution in [0.25, 0.3) is 0 Å². The fourth-order valence-electron chi connectivity index (χ4n) is 8.33. The molecule has 4 heterocycles. The summed E-state index contributed by atoms with van der Waals surface area (Å²) >= 11 is 0. The Morgan fingerprint density at radius 2 is 1.79 bits per heavy atom. The van der Waals surface area contributed by atoms with E-state index in [0.29, 0.717) is 41.3 Å². The number of carbonyl (C=O) groups excluding carboxylic acids is 3. The maximum Gasteiger partial charge on any atom is 0.269 e. The topological polar surface area (TPSA) is 99.6 Å². The molecule has 1 N–H and O–H groups in total. The van der Waals surface area contributed by atoms with Crippen LogP contribution in [0.5, 0.6) is 5.75 Å². The summed E-state index contributed by atoms with van der Waals surface area (Å²) in [5.41, 5.74) is 1.02. The molecule has 5 atom stereocenters. The van der Waals surface area contributed by atoms with Gasteiger partial charge in [0.25, 0.3) is 11.8 Å². The molecule has 4 aliphatic heterocycles. The van der Waals surface area contributed by atoms with E-state index >= 15 is 4.11 Å². The molecule has 11 heteroatoms. The van der Waals surface area contributed by atoms with Crippen LogP contribution in [0.1, 0.15) is 37.3 Å². The molecule has 3 amide bonds. The SMILES string of the molecule is C[C@@H]1[C@@H]([Si](C)(C)F)[C@H](CC(=O)N2CCC[C@H]2CO)O[C@@]12C(=O)N(Cc1ccccc1)c1ccc(N3C(=O)COc4ccccc43)cc12. The van der Waals surface area contributed by atoms with E-state index in [1.54, 1.807) is 33.9 Å². The van der Waals surface area contributed by atoms with Gasteiger partial charge in [-0.05, 0) is 61.8 Å². The number of hydrogen-bond donors (Lipinski definition) is 1. The highest BCUT2D eigenvalue weighted by Gasteiger charge is 2.67. The van der Waals surface area contributed by atoms with Crippen molar-refractivity contribution in [3.63, 3.8) is 0 Å². The molecule has 0 aromatic heterocycles. The number of anilines is 3. The van der Waals surface area contributed by atoms with Crippen LogP contribution in [0, 0.1) is 5.92 Å². The monoisotopic (exact) mass is 657 g/mol. The Morgan fingerprint density at radius 3 is 2.53 bits per heavy atom. The number of para-hydroxylation sites is 2. The van der Waals surface area contributed by atoms with Gasteiger partial charge in [-0.25, -0.2) is 0 Å².